The minimum Gasteiger partial charge on any atom is -0.331 e. The van der Waals surface area contributed by atoms with Crippen molar-refractivity contribution in [1.29, 1.82) is 0 Å². The molecule has 0 fully saturated rings. The van der Waals surface area contributed by atoms with Crippen LogP contribution in [0.2, 0.25) is 0 Å². The third-order valence-electron chi connectivity index (χ3n) is 3.35. The van der Waals surface area contributed by atoms with E-state index in [1.54, 1.807) is 4.90 Å². The standard InChI is InChI=1S/C18H19NO/c1-3-12-19(13-4-2)18(20)14-16-10-7-9-15-8-5-6-11-17(15)16/h1,5-11H,4,12-14H2,2H3. The van der Waals surface area contributed by atoms with Gasteiger partial charge in [0.1, 0.15) is 0 Å². The van der Waals surface area contributed by atoms with Gasteiger partial charge in [-0.2, -0.15) is 0 Å². The number of rotatable bonds is 5. The number of benzene rings is 2. The summed E-state index contributed by atoms with van der Waals surface area (Å²) in [5, 5.41) is 2.30. The Bertz CT molecular complexity index is 634. The summed E-state index contributed by atoms with van der Waals surface area (Å²) in [4.78, 5) is 14.1. The van der Waals surface area contributed by atoms with Crippen molar-refractivity contribution in [2.45, 2.75) is 19.8 Å². The smallest absolute Gasteiger partial charge is 0.227 e. The Balaban J connectivity index is 2.23. The molecular formula is C18H19NO. The highest BCUT2D eigenvalue weighted by molar-refractivity contribution is 5.90. The van der Waals surface area contributed by atoms with Crippen LogP contribution in [-0.2, 0) is 11.2 Å². The maximum absolute atomic E-state index is 12.4. The van der Waals surface area contributed by atoms with E-state index < -0.39 is 0 Å². The summed E-state index contributed by atoms with van der Waals surface area (Å²) in [6, 6.07) is 14.2. The van der Waals surface area contributed by atoms with Crippen LogP contribution in [0.5, 0.6) is 0 Å². The highest BCUT2D eigenvalue weighted by atomic mass is 16.2. The Morgan fingerprint density at radius 2 is 1.95 bits per heavy atom. The van der Waals surface area contributed by atoms with Crippen molar-refractivity contribution >= 4 is 16.7 Å². The van der Waals surface area contributed by atoms with E-state index in [2.05, 4.69) is 31.0 Å². The first-order chi connectivity index (χ1) is 9.76. The summed E-state index contributed by atoms with van der Waals surface area (Å²) in [5.41, 5.74) is 1.06. The topological polar surface area (TPSA) is 20.3 Å². The molecule has 2 nitrogen and oxygen atoms in total. The van der Waals surface area contributed by atoms with Gasteiger partial charge in [-0.05, 0) is 22.8 Å². The lowest BCUT2D eigenvalue weighted by Crippen LogP contribution is -2.33. The normalized spacial score (nSPS) is 10.2. The number of carbonyl (C=O) groups excluding carboxylic acids is 1. The molecule has 0 N–H and O–H groups in total. The molecule has 0 unspecified atom stereocenters. The van der Waals surface area contributed by atoms with E-state index in [9.17, 15) is 4.79 Å². The Morgan fingerprint density at radius 3 is 2.70 bits per heavy atom. The molecule has 2 aromatic carbocycles. The highest BCUT2D eigenvalue weighted by Crippen LogP contribution is 2.19. The molecular weight excluding hydrogens is 246 g/mol. The van der Waals surface area contributed by atoms with Crippen molar-refractivity contribution in [1.82, 2.24) is 4.90 Å². The first kappa shape index (κ1) is 14.1. The van der Waals surface area contributed by atoms with Crippen LogP contribution in [0.3, 0.4) is 0 Å². The molecule has 2 heteroatoms. The zero-order valence-corrected chi connectivity index (χ0v) is 11.8. The van der Waals surface area contributed by atoms with Crippen LogP contribution < -0.4 is 0 Å². The lowest BCUT2D eigenvalue weighted by atomic mass is 10.0. The van der Waals surface area contributed by atoms with Crippen LogP contribution in [0.1, 0.15) is 18.9 Å². The molecule has 20 heavy (non-hydrogen) atoms. The van der Waals surface area contributed by atoms with Gasteiger partial charge < -0.3 is 4.90 Å². The summed E-state index contributed by atoms with van der Waals surface area (Å²) >= 11 is 0. The highest BCUT2D eigenvalue weighted by Gasteiger charge is 2.13. The molecule has 0 aliphatic heterocycles. The zero-order valence-electron chi connectivity index (χ0n) is 11.8. The van der Waals surface area contributed by atoms with Gasteiger partial charge in [0.2, 0.25) is 5.91 Å². The van der Waals surface area contributed by atoms with Gasteiger partial charge in [0, 0.05) is 6.54 Å². The molecule has 0 saturated heterocycles. The van der Waals surface area contributed by atoms with Crippen LogP contribution in [0.15, 0.2) is 42.5 Å². The van der Waals surface area contributed by atoms with Crippen molar-refractivity contribution in [2.75, 3.05) is 13.1 Å². The van der Waals surface area contributed by atoms with Gasteiger partial charge in [-0.3, -0.25) is 4.79 Å². The van der Waals surface area contributed by atoms with Crippen molar-refractivity contribution in [2.24, 2.45) is 0 Å². The first-order valence-corrected chi connectivity index (χ1v) is 6.94. The Morgan fingerprint density at radius 1 is 1.20 bits per heavy atom. The molecule has 0 aliphatic rings. The summed E-state index contributed by atoms with van der Waals surface area (Å²) in [5.74, 6) is 2.66. The maximum Gasteiger partial charge on any atom is 0.227 e. The third kappa shape index (κ3) is 3.19. The fourth-order valence-electron chi connectivity index (χ4n) is 2.39. The van der Waals surface area contributed by atoms with Crippen LogP contribution in [0, 0.1) is 12.3 Å². The summed E-state index contributed by atoms with van der Waals surface area (Å²) in [6.45, 7) is 3.15. The van der Waals surface area contributed by atoms with E-state index >= 15 is 0 Å². The van der Waals surface area contributed by atoms with Gasteiger partial charge in [-0.15, -0.1) is 6.42 Å². The van der Waals surface area contributed by atoms with Gasteiger partial charge in [0.15, 0.2) is 0 Å². The molecule has 0 aliphatic carbocycles. The minimum atomic E-state index is 0.0983. The van der Waals surface area contributed by atoms with E-state index in [1.807, 2.05) is 24.3 Å². The lowest BCUT2D eigenvalue weighted by Gasteiger charge is -2.19. The molecule has 0 saturated carbocycles. The predicted molar refractivity (Wildman–Crippen MR) is 83.4 cm³/mol. The van der Waals surface area contributed by atoms with Crippen LogP contribution in [0.4, 0.5) is 0 Å². The van der Waals surface area contributed by atoms with E-state index in [0.717, 1.165) is 22.8 Å². The van der Waals surface area contributed by atoms with E-state index in [0.29, 0.717) is 19.5 Å². The molecule has 0 aromatic heterocycles. The van der Waals surface area contributed by atoms with Crippen LogP contribution >= 0.6 is 0 Å². The summed E-state index contributed by atoms with van der Waals surface area (Å²) < 4.78 is 0. The van der Waals surface area contributed by atoms with Crippen LogP contribution in [-0.4, -0.2) is 23.9 Å². The number of hydrogen-bond acceptors (Lipinski definition) is 1. The second-order valence-electron chi connectivity index (χ2n) is 4.83. The molecule has 2 rings (SSSR count). The van der Waals surface area contributed by atoms with Crippen molar-refractivity contribution in [3.8, 4) is 12.3 Å². The van der Waals surface area contributed by atoms with Crippen molar-refractivity contribution in [3.63, 3.8) is 0 Å². The average Bonchev–Trinajstić information content (AvgIpc) is 2.47. The Kier molecular flexibility index (Phi) is 4.79. The molecule has 2 aromatic rings. The first-order valence-electron chi connectivity index (χ1n) is 6.94. The van der Waals surface area contributed by atoms with Crippen LogP contribution in [0.25, 0.3) is 10.8 Å². The van der Waals surface area contributed by atoms with Gasteiger partial charge >= 0.3 is 0 Å². The molecule has 102 valence electrons. The molecule has 0 spiro atoms. The quantitative estimate of drug-likeness (QED) is 0.760. The summed E-state index contributed by atoms with van der Waals surface area (Å²) in [6.07, 6.45) is 6.66. The zero-order chi connectivity index (χ0) is 14.4. The second-order valence-corrected chi connectivity index (χ2v) is 4.83. The van der Waals surface area contributed by atoms with E-state index in [4.69, 9.17) is 6.42 Å². The van der Waals surface area contributed by atoms with Gasteiger partial charge in [-0.1, -0.05) is 55.3 Å². The number of hydrogen-bond donors (Lipinski definition) is 0. The SMILES string of the molecule is C#CCN(CCC)C(=O)Cc1cccc2ccccc12. The fraction of sp³-hybridized carbons (Fsp3) is 0.278. The predicted octanol–water partition coefficient (Wildman–Crippen LogP) is 3.25. The van der Waals surface area contributed by atoms with Gasteiger partial charge in [-0.25, -0.2) is 0 Å². The molecule has 0 heterocycles. The van der Waals surface area contributed by atoms with E-state index in [1.165, 1.54) is 0 Å². The third-order valence-corrected chi connectivity index (χ3v) is 3.35. The number of nitrogens with zero attached hydrogens (tertiary/aromatic N) is 1. The number of fused-ring (bicyclic) bond motifs is 1. The molecule has 0 atom stereocenters. The van der Waals surface area contributed by atoms with Crippen molar-refractivity contribution < 1.29 is 4.79 Å². The van der Waals surface area contributed by atoms with Gasteiger partial charge in [0.05, 0.1) is 13.0 Å². The average molecular weight is 265 g/mol. The van der Waals surface area contributed by atoms with E-state index in [-0.39, 0.29) is 5.91 Å². The second kappa shape index (κ2) is 6.77. The Labute approximate surface area is 120 Å². The molecule has 0 radical (unpaired) electrons. The largest absolute Gasteiger partial charge is 0.331 e. The maximum atomic E-state index is 12.4. The van der Waals surface area contributed by atoms with Crippen molar-refractivity contribution in [3.05, 3.63) is 48.0 Å². The number of terminal acetylenes is 1. The Hall–Kier alpha value is -2.27. The fourth-order valence-corrected chi connectivity index (χ4v) is 2.39. The summed E-state index contributed by atoms with van der Waals surface area (Å²) in [7, 11) is 0. The van der Waals surface area contributed by atoms with Gasteiger partial charge in [0.25, 0.3) is 0 Å². The monoisotopic (exact) mass is 265 g/mol. The number of carbonyl (C=O) groups is 1. The minimum absolute atomic E-state index is 0.0983. The number of amides is 1. The lowest BCUT2D eigenvalue weighted by molar-refractivity contribution is -0.129. The molecule has 0 bridgehead atoms. The molecule has 1 amide bonds.